The molecule has 53 heavy (non-hydrogen) atoms. The maximum Gasteiger partial charge on any atom is 2.00 e. The summed E-state index contributed by atoms with van der Waals surface area (Å²) >= 11 is 0. The second kappa shape index (κ2) is 23.8. The first kappa shape index (κ1) is 46.3. The number of phenolic OH excluding ortho intramolecular Hbond substituents is 1. The molecule has 10 nitrogen and oxygen atoms in total. The number of phenols is 1. The van der Waals surface area contributed by atoms with Crippen molar-refractivity contribution in [1.82, 2.24) is 0 Å². The van der Waals surface area contributed by atoms with Crippen molar-refractivity contribution in [2.24, 2.45) is 0 Å². The van der Waals surface area contributed by atoms with Crippen LogP contribution in [0.25, 0.3) is 0 Å². The number of aromatic hydroxyl groups is 1. The summed E-state index contributed by atoms with van der Waals surface area (Å²) < 4.78 is 79.4. The summed E-state index contributed by atoms with van der Waals surface area (Å²) in [5.41, 5.74) is 0.850. The third-order valence-corrected chi connectivity index (χ3v) is 10.2. The molecule has 0 aliphatic heterocycles. The standard InChI is InChI=1S/2C20H26O5S.Ca/c2*1-2-3-4-5-6-7-12-18-19(13-9-14-20(18)26(22,23)24)25-17-11-8-10-16(21)15-17;/h2*8-11,13-15,21H,2-7,12H2,1H3,(H,22,23,24);/q;;+2/p-2. The van der Waals surface area contributed by atoms with E-state index in [0.717, 1.165) is 51.4 Å². The zero-order valence-corrected chi connectivity index (χ0v) is 34.5. The summed E-state index contributed by atoms with van der Waals surface area (Å²) in [5.74, 6) is 1.27. The first-order chi connectivity index (χ1) is 24.8. The smallest absolute Gasteiger partial charge is 0.872 e. The van der Waals surface area contributed by atoms with E-state index in [1.165, 1.54) is 74.2 Å². The largest absolute Gasteiger partial charge is 2.00 e. The number of hydrogen-bond acceptors (Lipinski definition) is 9. The molecule has 0 bridgehead atoms. The van der Waals surface area contributed by atoms with Gasteiger partial charge in [0, 0.05) is 17.2 Å². The second-order valence-electron chi connectivity index (χ2n) is 12.6. The molecule has 0 fully saturated rings. The van der Waals surface area contributed by atoms with Gasteiger partial charge in [-0.1, -0.05) is 108 Å². The van der Waals surface area contributed by atoms with Crippen LogP contribution in [0.15, 0.2) is 94.7 Å². The fourth-order valence-electron chi connectivity index (χ4n) is 5.75. The Kier molecular flexibility index (Phi) is 20.8. The Morgan fingerprint density at radius 2 is 1.02 bits per heavy atom. The summed E-state index contributed by atoms with van der Waals surface area (Å²) in [7, 11) is -8.94. The summed E-state index contributed by atoms with van der Waals surface area (Å²) in [6.45, 7) is 4.31. The monoisotopic (exact) mass is 794 g/mol. The summed E-state index contributed by atoms with van der Waals surface area (Å²) in [4.78, 5) is -0.370. The molecule has 2 N–H and O–H groups in total. The van der Waals surface area contributed by atoms with Crippen molar-refractivity contribution in [3.05, 3.63) is 96.1 Å². The van der Waals surface area contributed by atoms with E-state index in [0.29, 0.717) is 47.0 Å². The molecule has 0 spiro atoms. The normalized spacial score (nSPS) is 11.2. The Hall–Kier alpha value is -2.84. The molecular formula is C40H50CaO10S2. The van der Waals surface area contributed by atoms with Crippen LogP contribution in [0.1, 0.15) is 102 Å². The van der Waals surface area contributed by atoms with Crippen molar-refractivity contribution >= 4 is 58.0 Å². The van der Waals surface area contributed by atoms with Gasteiger partial charge in [-0.05, 0) is 74.2 Å². The van der Waals surface area contributed by atoms with E-state index < -0.39 is 20.2 Å². The molecule has 284 valence electrons. The minimum atomic E-state index is -4.60. The zero-order chi connectivity index (χ0) is 38.0. The molecule has 0 unspecified atom stereocenters. The summed E-state index contributed by atoms with van der Waals surface area (Å²) in [6.07, 6.45) is 13.7. The van der Waals surface area contributed by atoms with E-state index >= 15 is 0 Å². The van der Waals surface area contributed by atoms with Gasteiger partial charge < -0.3 is 24.2 Å². The van der Waals surface area contributed by atoms with Crippen molar-refractivity contribution < 1.29 is 45.6 Å². The van der Waals surface area contributed by atoms with E-state index in [2.05, 4.69) is 13.8 Å². The predicted octanol–water partition coefficient (Wildman–Crippen LogP) is 9.31. The van der Waals surface area contributed by atoms with Gasteiger partial charge in [-0.3, -0.25) is 4.55 Å². The van der Waals surface area contributed by atoms with Crippen LogP contribution in [0.5, 0.6) is 34.5 Å². The molecule has 4 aromatic carbocycles. The van der Waals surface area contributed by atoms with Gasteiger partial charge >= 0.3 is 37.7 Å². The summed E-state index contributed by atoms with van der Waals surface area (Å²) in [6, 6.07) is 21.2. The van der Waals surface area contributed by atoms with E-state index in [-0.39, 0.29) is 59.0 Å². The molecule has 0 aromatic heterocycles. The molecule has 0 aliphatic carbocycles. The molecule has 4 rings (SSSR count). The molecule has 0 saturated heterocycles. The molecule has 0 atom stereocenters. The van der Waals surface area contributed by atoms with Gasteiger partial charge in [-0.2, -0.15) is 8.42 Å². The average molecular weight is 795 g/mol. The fraction of sp³-hybridized carbons (Fsp3) is 0.400. The molecule has 0 heterocycles. The van der Waals surface area contributed by atoms with Crippen LogP contribution in [0, 0.1) is 0 Å². The van der Waals surface area contributed by atoms with E-state index in [1.54, 1.807) is 36.4 Å². The van der Waals surface area contributed by atoms with Crippen LogP contribution in [0.3, 0.4) is 0 Å². The Morgan fingerprint density at radius 3 is 1.49 bits per heavy atom. The Morgan fingerprint density at radius 1 is 0.585 bits per heavy atom. The SMILES string of the molecule is CCCCCCCCc1c(Oc2cccc(O)c2)cccc1S(=O)(=O)O.CCCCCCCCc1c(Oc2cccc([O-])c2)cccc1S(=O)(=O)[O-].[Ca+2]. The van der Waals surface area contributed by atoms with Gasteiger partial charge in [0.25, 0.3) is 10.1 Å². The first-order valence-electron chi connectivity index (χ1n) is 17.9. The maximum atomic E-state index is 11.7. The van der Waals surface area contributed by atoms with Gasteiger partial charge in [0.2, 0.25) is 0 Å². The Balaban J connectivity index is 0.000000360. The van der Waals surface area contributed by atoms with Gasteiger partial charge in [-0.15, -0.1) is 5.75 Å². The maximum absolute atomic E-state index is 11.7. The molecule has 0 aliphatic rings. The molecule has 0 saturated carbocycles. The second-order valence-corrected chi connectivity index (χ2v) is 15.3. The van der Waals surface area contributed by atoms with Crippen molar-refractivity contribution in [3.63, 3.8) is 0 Å². The third-order valence-electron chi connectivity index (χ3n) is 8.37. The van der Waals surface area contributed by atoms with Crippen LogP contribution in [-0.4, -0.2) is 68.8 Å². The molecule has 13 heteroatoms. The summed E-state index contributed by atoms with van der Waals surface area (Å²) in [5, 5.41) is 21.0. The zero-order valence-electron chi connectivity index (χ0n) is 30.7. The Bertz CT molecular complexity index is 1780. The van der Waals surface area contributed by atoms with Crippen LogP contribution in [0.2, 0.25) is 0 Å². The van der Waals surface area contributed by atoms with E-state index in [1.807, 2.05) is 0 Å². The quantitative estimate of drug-likeness (QED) is 0.0499. The van der Waals surface area contributed by atoms with Crippen molar-refractivity contribution in [2.75, 3.05) is 0 Å². The minimum Gasteiger partial charge on any atom is -0.872 e. The van der Waals surface area contributed by atoms with Crippen LogP contribution in [-0.2, 0) is 33.1 Å². The number of benzene rings is 4. The van der Waals surface area contributed by atoms with E-state index in [9.17, 15) is 36.2 Å². The van der Waals surface area contributed by atoms with Gasteiger partial charge in [0.1, 0.15) is 43.8 Å². The van der Waals surface area contributed by atoms with Gasteiger partial charge in [0.15, 0.2) is 0 Å². The van der Waals surface area contributed by atoms with Crippen molar-refractivity contribution in [1.29, 1.82) is 0 Å². The minimum absolute atomic E-state index is 0. The van der Waals surface area contributed by atoms with Crippen LogP contribution < -0.4 is 14.6 Å². The van der Waals surface area contributed by atoms with Gasteiger partial charge in [-0.25, -0.2) is 8.42 Å². The Labute approximate surface area is 345 Å². The van der Waals surface area contributed by atoms with Crippen LogP contribution >= 0.6 is 0 Å². The van der Waals surface area contributed by atoms with Crippen molar-refractivity contribution in [2.45, 2.75) is 114 Å². The fourth-order valence-corrected chi connectivity index (χ4v) is 7.27. The molecule has 0 radical (unpaired) electrons. The molecule has 0 amide bonds. The van der Waals surface area contributed by atoms with Crippen LogP contribution in [0.4, 0.5) is 0 Å². The number of hydrogen-bond donors (Lipinski definition) is 2. The number of rotatable bonds is 20. The topological polar surface area (TPSA) is 173 Å². The molecule has 4 aromatic rings. The molecular weight excluding hydrogens is 745 g/mol. The van der Waals surface area contributed by atoms with Crippen molar-refractivity contribution in [3.8, 4) is 34.5 Å². The van der Waals surface area contributed by atoms with Gasteiger partial charge in [0.05, 0.1) is 4.90 Å². The average Bonchev–Trinajstić information content (AvgIpc) is 3.08. The third kappa shape index (κ3) is 16.6. The number of ether oxygens (including phenoxy) is 2. The first-order valence-corrected chi connectivity index (χ1v) is 20.8. The number of unbranched alkanes of at least 4 members (excludes halogenated alkanes) is 10. The predicted molar refractivity (Wildman–Crippen MR) is 205 cm³/mol. The van der Waals surface area contributed by atoms with E-state index in [4.69, 9.17) is 9.47 Å².